The minimum atomic E-state index is 0.883. The maximum absolute atomic E-state index is 3.50. The lowest BCUT2D eigenvalue weighted by atomic mass is 9.97. The molecule has 1 N–H and O–H groups in total. The maximum Gasteiger partial charge on any atom is 0.00932 e. The van der Waals surface area contributed by atoms with E-state index in [1.54, 1.807) is 0 Å². The van der Waals surface area contributed by atoms with Crippen LogP contribution in [0, 0.1) is 11.8 Å². The molecule has 2 aliphatic heterocycles. The summed E-state index contributed by atoms with van der Waals surface area (Å²) in [6.07, 6.45) is 4.20. The lowest BCUT2D eigenvalue weighted by molar-refractivity contribution is 0.199. The van der Waals surface area contributed by atoms with E-state index < -0.39 is 0 Å². The lowest BCUT2D eigenvalue weighted by Gasteiger charge is -2.27. The molecule has 82 valence electrons. The summed E-state index contributed by atoms with van der Waals surface area (Å²) in [6.45, 7) is 9.89. The van der Waals surface area contributed by atoms with E-state index in [2.05, 4.69) is 24.1 Å². The molecule has 2 rings (SSSR count). The van der Waals surface area contributed by atoms with E-state index in [1.165, 1.54) is 45.4 Å². The molecule has 0 amide bonds. The molecule has 0 spiro atoms. The van der Waals surface area contributed by atoms with Crippen LogP contribution in [0.15, 0.2) is 0 Å². The van der Waals surface area contributed by atoms with Gasteiger partial charge in [-0.3, -0.25) is 0 Å². The van der Waals surface area contributed by atoms with Gasteiger partial charge in [0.25, 0.3) is 0 Å². The summed E-state index contributed by atoms with van der Waals surface area (Å²) >= 11 is 0. The van der Waals surface area contributed by atoms with Crippen LogP contribution in [0.4, 0.5) is 0 Å². The third-order valence-electron chi connectivity index (χ3n) is 4.12. The molecule has 0 aromatic heterocycles. The molecule has 2 fully saturated rings. The summed E-state index contributed by atoms with van der Waals surface area (Å²) in [5, 5.41) is 3.50. The lowest BCUT2D eigenvalue weighted by Crippen LogP contribution is -2.35. The number of hydrogen-bond acceptors (Lipinski definition) is 2. The maximum atomic E-state index is 3.50. The molecule has 14 heavy (non-hydrogen) atoms. The topological polar surface area (TPSA) is 15.3 Å². The van der Waals surface area contributed by atoms with Crippen LogP contribution in [-0.2, 0) is 0 Å². The van der Waals surface area contributed by atoms with Crippen LogP contribution in [-0.4, -0.2) is 37.1 Å². The minimum Gasteiger partial charge on any atom is -0.316 e. The minimum absolute atomic E-state index is 0.883. The summed E-state index contributed by atoms with van der Waals surface area (Å²) < 4.78 is 0. The molecule has 3 atom stereocenters. The van der Waals surface area contributed by atoms with Crippen molar-refractivity contribution in [3.05, 3.63) is 0 Å². The zero-order chi connectivity index (χ0) is 9.97. The molecular formula is C12H24N2. The third-order valence-corrected chi connectivity index (χ3v) is 4.12. The number of likely N-dealkylation sites (tertiary alicyclic amines) is 1. The van der Waals surface area contributed by atoms with Gasteiger partial charge in [0.2, 0.25) is 0 Å². The number of nitrogens with one attached hydrogen (secondary N) is 1. The fourth-order valence-electron chi connectivity index (χ4n) is 3.01. The Morgan fingerprint density at radius 2 is 2.21 bits per heavy atom. The average Bonchev–Trinajstić information content (AvgIpc) is 2.77. The Kier molecular flexibility index (Phi) is 3.45. The molecular weight excluding hydrogens is 172 g/mol. The van der Waals surface area contributed by atoms with E-state index >= 15 is 0 Å². The quantitative estimate of drug-likeness (QED) is 0.739. The van der Waals surface area contributed by atoms with E-state index in [-0.39, 0.29) is 0 Å². The van der Waals surface area contributed by atoms with Crippen molar-refractivity contribution in [1.82, 2.24) is 10.2 Å². The molecule has 2 nitrogen and oxygen atoms in total. The second kappa shape index (κ2) is 4.63. The molecule has 2 heterocycles. The van der Waals surface area contributed by atoms with Crippen molar-refractivity contribution in [1.29, 1.82) is 0 Å². The second-order valence-corrected chi connectivity index (χ2v) is 5.09. The average molecular weight is 196 g/mol. The fourth-order valence-corrected chi connectivity index (χ4v) is 3.01. The highest BCUT2D eigenvalue weighted by Gasteiger charge is 2.29. The van der Waals surface area contributed by atoms with Crippen LogP contribution in [0.2, 0.25) is 0 Å². The van der Waals surface area contributed by atoms with Crippen molar-refractivity contribution in [2.45, 2.75) is 39.2 Å². The Labute approximate surface area is 88.1 Å². The van der Waals surface area contributed by atoms with Crippen LogP contribution < -0.4 is 5.32 Å². The summed E-state index contributed by atoms with van der Waals surface area (Å²) in [5.41, 5.74) is 0. The molecule has 0 aromatic carbocycles. The number of hydrogen-bond donors (Lipinski definition) is 1. The van der Waals surface area contributed by atoms with Gasteiger partial charge in [0.15, 0.2) is 0 Å². The zero-order valence-corrected chi connectivity index (χ0v) is 9.63. The van der Waals surface area contributed by atoms with Gasteiger partial charge >= 0.3 is 0 Å². The molecule has 0 radical (unpaired) electrons. The Bertz CT molecular complexity index is 181. The largest absolute Gasteiger partial charge is 0.316 e. The van der Waals surface area contributed by atoms with Crippen LogP contribution in [0.1, 0.15) is 33.1 Å². The Morgan fingerprint density at radius 1 is 1.36 bits per heavy atom. The van der Waals surface area contributed by atoms with Crippen LogP contribution in [0.3, 0.4) is 0 Å². The first-order valence-corrected chi connectivity index (χ1v) is 6.26. The molecule has 2 aliphatic rings. The molecule has 2 saturated heterocycles. The third kappa shape index (κ3) is 2.12. The van der Waals surface area contributed by atoms with Crippen molar-refractivity contribution < 1.29 is 0 Å². The number of rotatable bonds is 3. The van der Waals surface area contributed by atoms with Gasteiger partial charge in [-0.1, -0.05) is 13.8 Å². The van der Waals surface area contributed by atoms with E-state index in [0.717, 1.165) is 17.9 Å². The predicted molar refractivity (Wildman–Crippen MR) is 60.4 cm³/mol. The van der Waals surface area contributed by atoms with Crippen LogP contribution in [0.5, 0.6) is 0 Å². The molecule has 3 unspecified atom stereocenters. The van der Waals surface area contributed by atoms with E-state index in [1.807, 2.05) is 0 Å². The van der Waals surface area contributed by atoms with Gasteiger partial charge < -0.3 is 10.2 Å². The number of nitrogens with zero attached hydrogens (tertiary/aromatic N) is 1. The smallest absolute Gasteiger partial charge is 0.00932 e. The van der Waals surface area contributed by atoms with E-state index in [9.17, 15) is 0 Å². The van der Waals surface area contributed by atoms with Crippen LogP contribution >= 0.6 is 0 Å². The van der Waals surface area contributed by atoms with Gasteiger partial charge in [0, 0.05) is 12.6 Å². The highest BCUT2D eigenvalue weighted by atomic mass is 15.2. The first-order chi connectivity index (χ1) is 6.81. The van der Waals surface area contributed by atoms with Crippen LogP contribution in [0.25, 0.3) is 0 Å². The van der Waals surface area contributed by atoms with Crippen molar-refractivity contribution in [2.24, 2.45) is 11.8 Å². The van der Waals surface area contributed by atoms with Gasteiger partial charge in [-0.2, -0.15) is 0 Å². The SMILES string of the molecule is CCC1CCCN1CC1CNCC1C. The highest BCUT2D eigenvalue weighted by Crippen LogP contribution is 2.24. The Balaban J connectivity index is 1.83. The van der Waals surface area contributed by atoms with Gasteiger partial charge in [-0.25, -0.2) is 0 Å². The van der Waals surface area contributed by atoms with Gasteiger partial charge in [-0.05, 0) is 50.7 Å². The van der Waals surface area contributed by atoms with Crippen molar-refractivity contribution in [3.8, 4) is 0 Å². The predicted octanol–water partition coefficient (Wildman–Crippen LogP) is 1.72. The standard InChI is InChI=1S/C12H24N2/c1-3-12-5-4-6-14(12)9-11-8-13-7-10(11)2/h10-13H,3-9H2,1-2H3. The normalized spacial score (nSPS) is 39.4. The van der Waals surface area contributed by atoms with Crippen molar-refractivity contribution in [2.75, 3.05) is 26.2 Å². The molecule has 0 aromatic rings. The zero-order valence-electron chi connectivity index (χ0n) is 9.63. The van der Waals surface area contributed by atoms with E-state index in [4.69, 9.17) is 0 Å². The van der Waals surface area contributed by atoms with Crippen molar-refractivity contribution in [3.63, 3.8) is 0 Å². The summed E-state index contributed by atoms with van der Waals surface area (Å²) in [5.74, 6) is 1.79. The second-order valence-electron chi connectivity index (χ2n) is 5.09. The Hall–Kier alpha value is -0.0800. The Morgan fingerprint density at radius 3 is 2.86 bits per heavy atom. The highest BCUT2D eigenvalue weighted by molar-refractivity contribution is 4.85. The molecule has 0 bridgehead atoms. The van der Waals surface area contributed by atoms with Gasteiger partial charge in [0.05, 0.1) is 0 Å². The summed E-state index contributed by atoms with van der Waals surface area (Å²) in [4.78, 5) is 2.73. The summed E-state index contributed by atoms with van der Waals surface area (Å²) in [6, 6.07) is 0.891. The molecule has 0 aliphatic carbocycles. The first-order valence-electron chi connectivity index (χ1n) is 6.26. The van der Waals surface area contributed by atoms with Gasteiger partial charge in [-0.15, -0.1) is 0 Å². The van der Waals surface area contributed by atoms with E-state index in [0.29, 0.717) is 0 Å². The monoisotopic (exact) mass is 196 g/mol. The fraction of sp³-hybridized carbons (Fsp3) is 1.00. The first kappa shape index (κ1) is 10.4. The van der Waals surface area contributed by atoms with Gasteiger partial charge in [0.1, 0.15) is 0 Å². The summed E-state index contributed by atoms with van der Waals surface area (Å²) in [7, 11) is 0. The van der Waals surface area contributed by atoms with Crippen molar-refractivity contribution >= 4 is 0 Å². The molecule has 0 saturated carbocycles. The molecule has 2 heteroatoms.